The van der Waals surface area contributed by atoms with Gasteiger partial charge < -0.3 is 15.0 Å². The third-order valence-corrected chi connectivity index (χ3v) is 4.24. The normalized spacial score (nSPS) is 20.7. The van der Waals surface area contributed by atoms with Crippen molar-refractivity contribution in [1.82, 2.24) is 10.2 Å². The molecular formula is C16H34N2O. The van der Waals surface area contributed by atoms with Crippen molar-refractivity contribution in [3.05, 3.63) is 0 Å². The van der Waals surface area contributed by atoms with E-state index in [1.807, 2.05) is 7.11 Å². The van der Waals surface area contributed by atoms with E-state index in [-0.39, 0.29) is 0 Å². The molecule has 0 aromatic heterocycles. The minimum absolute atomic E-state index is 0.332. The van der Waals surface area contributed by atoms with Gasteiger partial charge in [0, 0.05) is 26.3 Å². The van der Waals surface area contributed by atoms with E-state index in [0.717, 1.165) is 19.1 Å². The van der Waals surface area contributed by atoms with Crippen LogP contribution in [0.15, 0.2) is 0 Å². The maximum absolute atomic E-state index is 5.27. The summed E-state index contributed by atoms with van der Waals surface area (Å²) >= 11 is 0. The van der Waals surface area contributed by atoms with Crippen molar-refractivity contribution in [2.45, 2.75) is 53.0 Å². The number of piperidine rings is 1. The van der Waals surface area contributed by atoms with Crippen molar-refractivity contribution in [3.63, 3.8) is 0 Å². The van der Waals surface area contributed by atoms with E-state index >= 15 is 0 Å². The molecule has 0 saturated carbocycles. The lowest BCUT2D eigenvalue weighted by Crippen LogP contribution is -2.50. The predicted molar refractivity (Wildman–Crippen MR) is 82.6 cm³/mol. The lowest BCUT2D eigenvalue weighted by atomic mass is 9.85. The highest BCUT2D eigenvalue weighted by atomic mass is 16.5. The lowest BCUT2D eigenvalue weighted by Gasteiger charge is -2.39. The number of likely N-dealkylation sites (tertiary alicyclic amines) is 1. The van der Waals surface area contributed by atoms with Crippen LogP contribution in [0.25, 0.3) is 0 Å². The van der Waals surface area contributed by atoms with Gasteiger partial charge in [-0.2, -0.15) is 0 Å². The van der Waals surface area contributed by atoms with E-state index in [9.17, 15) is 0 Å². The second-order valence-corrected chi connectivity index (χ2v) is 7.07. The van der Waals surface area contributed by atoms with E-state index in [1.54, 1.807) is 0 Å². The van der Waals surface area contributed by atoms with Crippen LogP contribution in [0, 0.1) is 11.3 Å². The Morgan fingerprint density at radius 1 is 1.26 bits per heavy atom. The van der Waals surface area contributed by atoms with Crippen LogP contribution in [0.5, 0.6) is 0 Å². The molecule has 3 nitrogen and oxygen atoms in total. The Labute approximate surface area is 120 Å². The van der Waals surface area contributed by atoms with Crippen molar-refractivity contribution in [1.29, 1.82) is 0 Å². The fourth-order valence-electron chi connectivity index (χ4n) is 2.79. The van der Waals surface area contributed by atoms with Gasteiger partial charge in [0.1, 0.15) is 0 Å². The molecule has 114 valence electrons. The van der Waals surface area contributed by atoms with E-state index in [1.165, 1.54) is 38.9 Å². The van der Waals surface area contributed by atoms with Crippen molar-refractivity contribution in [3.8, 4) is 0 Å². The number of rotatable bonds is 7. The molecule has 1 aliphatic heterocycles. The SMILES string of the molecule is CCCNC(CN1CCC(COC)CC1)C(C)(C)C. The highest BCUT2D eigenvalue weighted by molar-refractivity contribution is 4.85. The van der Waals surface area contributed by atoms with Crippen LogP contribution in [0.3, 0.4) is 0 Å². The molecule has 0 amide bonds. The van der Waals surface area contributed by atoms with Crippen LogP contribution >= 0.6 is 0 Å². The summed E-state index contributed by atoms with van der Waals surface area (Å²) in [6.45, 7) is 15.0. The Hall–Kier alpha value is -0.120. The van der Waals surface area contributed by atoms with Gasteiger partial charge in [0.2, 0.25) is 0 Å². The van der Waals surface area contributed by atoms with Gasteiger partial charge in [-0.3, -0.25) is 0 Å². The van der Waals surface area contributed by atoms with Gasteiger partial charge in [-0.15, -0.1) is 0 Å². The summed E-state index contributed by atoms with van der Waals surface area (Å²) in [6.07, 6.45) is 3.79. The molecule has 0 aliphatic carbocycles. The molecule has 0 aromatic rings. The highest BCUT2D eigenvalue weighted by Gasteiger charge is 2.28. The smallest absolute Gasteiger partial charge is 0.0491 e. The average Bonchev–Trinajstić information content (AvgIpc) is 2.35. The number of nitrogens with zero attached hydrogens (tertiary/aromatic N) is 1. The van der Waals surface area contributed by atoms with Gasteiger partial charge in [-0.05, 0) is 50.2 Å². The van der Waals surface area contributed by atoms with Gasteiger partial charge in [0.25, 0.3) is 0 Å². The van der Waals surface area contributed by atoms with Crippen molar-refractivity contribution in [2.75, 3.05) is 39.9 Å². The first-order valence-electron chi connectivity index (χ1n) is 7.92. The molecule has 19 heavy (non-hydrogen) atoms. The zero-order chi connectivity index (χ0) is 14.3. The topological polar surface area (TPSA) is 24.5 Å². The second-order valence-electron chi connectivity index (χ2n) is 7.07. The zero-order valence-corrected chi connectivity index (χ0v) is 13.7. The summed E-state index contributed by atoms with van der Waals surface area (Å²) in [5.41, 5.74) is 0.332. The van der Waals surface area contributed by atoms with Gasteiger partial charge >= 0.3 is 0 Å². The van der Waals surface area contributed by atoms with Gasteiger partial charge in [-0.25, -0.2) is 0 Å². The van der Waals surface area contributed by atoms with E-state index in [0.29, 0.717) is 11.5 Å². The molecule has 1 N–H and O–H groups in total. The highest BCUT2D eigenvalue weighted by Crippen LogP contribution is 2.23. The summed E-state index contributed by atoms with van der Waals surface area (Å²) in [7, 11) is 1.82. The Morgan fingerprint density at radius 3 is 2.37 bits per heavy atom. The van der Waals surface area contributed by atoms with Crippen molar-refractivity contribution >= 4 is 0 Å². The summed E-state index contributed by atoms with van der Waals surface area (Å²) in [4.78, 5) is 2.63. The predicted octanol–water partition coefficient (Wildman–Crippen LogP) is 2.76. The Morgan fingerprint density at radius 2 is 1.89 bits per heavy atom. The molecular weight excluding hydrogens is 236 g/mol. The second kappa shape index (κ2) is 8.23. The molecule has 1 heterocycles. The molecule has 0 aromatic carbocycles. The number of ether oxygens (including phenoxy) is 1. The molecule has 1 unspecified atom stereocenters. The molecule has 1 aliphatic rings. The standard InChI is InChI=1S/C16H34N2O/c1-6-9-17-15(16(2,3)4)12-18-10-7-14(8-11-18)13-19-5/h14-15,17H,6-13H2,1-5H3. The quantitative estimate of drug-likeness (QED) is 0.770. The third kappa shape index (κ3) is 6.24. The minimum Gasteiger partial charge on any atom is -0.384 e. The Kier molecular flexibility index (Phi) is 7.33. The molecule has 1 rings (SSSR count). The fraction of sp³-hybridized carbons (Fsp3) is 1.00. The fourth-order valence-corrected chi connectivity index (χ4v) is 2.79. The van der Waals surface area contributed by atoms with E-state index in [2.05, 4.69) is 37.9 Å². The Bertz CT molecular complexity index is 229. The molecule has 1 atom stereocenters. The number of hydrogen-bond acceptors (Lipinski definition) is 3. The van der Waals surface area contributed by atoms with E-state index in [4.69, 9.17) is 4.74 Å². The minimum atomic E-state index is 0.332. The maximum atomic E-state index is 5.27. The van der Waals surface area contributed by atoms with Crippen LogP contribution < -0.4 is 5.32 Å². The molecule has 1 fully saturated rings. The van der Waals surface area contributed by atoms with Crippen LogP contribution in [0.4, 0.5) is 0 Å². The van der Waals surface area contributed by atoms with Crippen LogP contribution in [-0.2, 0) is 4.74 Å². The van der Waals surface area contributed by atoms with Gasteiger partial charge in [0.15, 0.2) is 0 Å². The first-order valence-corrected chi connectivity index (χ1v) is 7.92. The average molecular weight is 270 g/mol. The first kappa shape index (κ1) is 16.9. The molecule has 0 radical (unpaired) electrons. The summed E-state index contributed by atoms with van der Waals surface area (Å²) in [6, 6.07) is 0.589. The van der Waals surface area contributed by atoms with Gasteiger partial charge in [-0.1, -0.05) is 27.7 Å². The summed E-state index contributed by atoms with van der Waals surface area (Å²) in [5, 5.41) is 3.73. The maximum Gasteiger partial charge on any atom is 0.0491 e. The van der Waals surface area contributed by atoms with Crippen molar-refractivity contribution < 1.29 is 4.74 Å². The molecule has 1 saturated heterocycles. The first-order chi connectivity index (χ1) is 8.97. The molecule has 3 heteroatoms. The van der Waals surface area contributed by atoms with Crippen LogP contribution in [0.1, 0.15) is 47.0 Å². The third-order valence-electron chi connectivity index (χ3n) is 4.24. The number of methoxy groups -OCH3 is 1. The number of hydrogen-bond donors (Lipinski definition) is 1. The van der Waals surface area contributed by atoms with Crippen LogP contribution in [-0.4, -0.2) is 50.8 Å². The summed E-state index contributed by atoms with van der Waals surface area (Å²) < 4.78 is 5.27. The zero-order valence-electron chi connectivity index (χ0n) is 13.7. The van der Waals surface area contributed by atoms with Crippen molar-refractivity contribution in [2.24, 2.45) is 11.3 Å². The number of nitrogens with one attached hydrogen (secondary N) is 1. The van der Waals surface area contributed by atoms with E-state index < -0.39 is 0 Å². The van der Waals surface area contributed by atoms with Gasteiger partial charge in [0.05, 0.1) is 0 Å². The molecule has 0 bridgehead atoms. The lowest BCUT2D eigenvalue weighted by molar-refractivity contribution is 0.0853. The Balaban J connectivity index is 2.39. The van der Waals surface area contributed by atoms with Crippen LogP contribution in [0.2, 0.25) is 0 Å². The monoisotopic (exact) mass is 270 g/mol. The largest absolute Gasteiger partial charge is 0.384 e. The summed E-state index contributed by atoms with van der Waals surface area (Å²) in [5.74, 6) is 0.776. The molecule has 0 spiro atoms.